The Hall–Kier alpha value is -1.15. The van der Waals surface area contributed by atoms with Crippen molar-refractivity contribution < 1.29 is 29.4 Å². The number of carbonyl (C=O) groups excluding carboxylic acids is 3. The predicted octanol–water partition coefficient (Wildman–Crippen LogP) is -2.54. The number of amides is 3. The lowest BCUT2D eigenvalue weighted by atomic mass is 10.2. The van der Waals surface area contributed by atoms with Gasteiger partial charge in [-0.05, 0) is 18.4 Å². The fourth-order valence-corrected chi connectivity index (χ4v) is 2.77. The molecule has 3 amide bonds. The molecule has 10 nitrogen and oxygen atoms in total. The Labute approximate surface area is 172 Å². The molecule has 0 bridgehead atoms. The number of nitrogens with one attached hydrogen (secondary N) is 3. The van der Waals surface area contributed by atoms with E-state index in [0.29, 0.717) is 5.75 Å². The Kier molecular flexibility index (Phi) is 13.3. The maximum Gasteiger partial charge on any atom is 0.326 e. The molecule has 0 rings (SSSR count). The summed E-state index contributed by atoms with van der Waals surface area (Å²) in [6.07, 6.45) is 2.04. The van der Waals surface area contributed by atoms with E-state index in [0.717, 1.165) is 0 Å². The highest BCUT2D eigenvalue weighted by molar-refractivity contribution is 7.98. The summed E-state index contributed by atoms with van der Waals surface area (Å²) in [6, 6.07) is -4.49. The summed E-state index contributed by atoms with van der Waals surface area (Å²) in [5.74, 6) is -2.98. The van der Waals surface area contributed by atoms with Crippen LogP contribution >= 0.6 is 37.0 Å². The van der Waals surface area contributed by atoms with Gasteiger partial charge in [0.1, 0.15) is 24.2 Å². The van der Waals surface area contributed by atoms with Crippen LogP contribution in [-0.2, 0) is 19.2 Å². The van der Waals surface area contributed by atoms with Gasteiger partial charge in [-0.25, -0.2) is 4.79 Å². The maximum atomic E-state index is 12.3. The van der Waals surface area contributed by atoms with E-state index in [4.69, 9.17) is 15.9 Å². The van der Waals surface area contributed by atoms with E-state index in [1.54, 1.807) is 0 Å². The summed E-state index contributed by atoms with van der Waals surface area (Å²) < 4.78 is 0. The predicted molar refractivity (Wildman–Crippen MR) is 109 cm³/mol. The summed E-state index contributed by atoms with van der Waals surface area (Å²) >= 11 is 9.42. The van der Waals surface area contributed by atoms with Gasteiger partial charge in [0.25, 0.3) is 0 Å². The summed E-state index contributed by atoms with van der Waals surface area (Å²) in [7, 11) is 0. The molecule has 0 saturated heterocycles. The number of thioether (sulfide) groups is 1. The molecule has 0 saturated carbocycles. The number of aliphatic hydroxyl groups excluding tert-OH is 1. The molecule has 0 aliphatic heterocycles. The fraction of sp³-hybridized carbons (Fsp3) is 0.714. The molecule has 0 aliphatic rings. The quantitative estimate of drug-likeness (QED) is 0.144. The Morgan fingerprint density at radius 1 is 0.963 bits per heavy atom. The van der Waals surface area contributed by atoms with Gasteiger partial charge in [-0.1, -0.05) is 0 Å². The fourth-order valence-electron chi connectivity index (χ4n) is 1.79. The van der Waals surface area contributed by atoms with Crippen LogP contribution in [0.1, 0.15) is 6.42 Å². The van der Waals surface area contributed by atoms with Gasteiger partial charge in [0.05, 0.1) is 6.61 Å². The molecule has 0 aromatic rings. The van der Waals surface area contributed by atoms with Gasteiger partial charge in [0.2, 0.25) is 17.7 Å². The number of hydrogen-bond acceptors (Lipinski definition) is 9. The van der Waals surface area contributed by atoms with Gasteiger partial charge in [0, 0.05) is 11.5 Å². The smallest absolute Gasteiger partial charge is 0.326 e. The van der Waals surface area contributed by atoms with Crippen LogP contribution in [0.5, 0.6) is 0 Å². The van der Waals surface area contributed by atoms with Crippen LogP contribution < -0.4 is 21.7 Å². The monoisotopic (exact) mass is 442 g/mol. The molecule has 0 aromatic carbocycles. The van der Waals surface area contributed by atoms with E-state index in [2.05, 4.69) is 41.2 Å². The molecule has 0 heterocycles. The molecular weight excluding hydrogens is 416 g/mol. The second-order valence-corrected chi connectivity index (χ2v) is 7.17. The van der Waals surface area contributed by atoms with Gasteiger partial charge >= 0.3 is 5.97 Å². The highest BCUT2D eigenvalue weighted by Crippen LogP contribution is 2.02. The van der Waals surface area contributed by atoms with Crippen molar-refractivity contribution in [3.63, 3.8) is 0 Å². The third-order valence-corrected chi connectivity index (χ3v) is 4.76. The Bertz CT molecular complexity index is 525. The Morgan fingerprint density at radius 2 is 1.41 bits per heavy atom. The molecular formula is C14H26N4O6S3. The zero-order valence-corrected chi connectivity index (χ0v) is 17.4. The molecule has 0 aliphatic carbocycles. The first kappa shape index (κ1) is 25.9. The van der Waals surface area contributed by atoms with Crippen LogP contribution in [0.4, 0.5) is 0 Å². The minimum atomic E-state index is -1.20. The summed E-state index contributed by atoms with van der Waals surface area (Å²) in [5, 5.41) is 25.1. The number of rotatable bonds is 13. The number of carboxylic acid groups (broad SMARTS) is 1. The Balaban J connectivity index is 4.90. The average Bonchev–Trinajstić information content (AvgIpc) is 2.65. The van der Waals surface area contributed by atoms with Crippen LogP contribution in [0.3, 0.4) is 0 Å². The number of hydrogen-bond donors (Lipinski definition) is 8. The first-order valence-electron chi connectivity index (χ1n) is 7.92. The Morgan fingerprint density at radius 3 is 1.78 bits per heavy atom. The van der Waals surface area contributed by atoms with E-state index in [1.165, 1.54) is 11.8 Å². The van der Waals surface area contributed by atoms with Gasteiger partial charge in [-0.3, -0.25) is 14.4 Å². The number of thiol groups is 2. The molecule has 4 atom stereocenters. The summed E-state index contributed by atoms with van der Waals surface area (Å²) in [5.41, 5.74) is 5.37. The first-order valence-corrected chi connectivity index (χ1v) is 10.6. The van der Waals surface area contributed by atoms with Gasteiger partial charge in [-0.15, -0.1) is 0 Å². The van der Waals surface area contributed by atoms with E-state index in [9.17, 15) is 19.2 Å². The van der Waals surface area contributed by atoms with Crippen molar-refractivity contribution in [3.8, 4) is 0 Å². The summed E-state index contributed by atoms with van der Waals surface area (Å²) in [6.45, 7) is -0.596. The second-order valence-electron chi connectivity index (χ2n) is 5.46. The van der Waals surface area contributed by atoms with Crippen molar-refractivity contribution in [2.75, 3.05) is 30.1 Å². The normalized spacial score (nSPS) is 15.1. The molecule has 0 spiro atoms. The van der Waals surface area contributed by atoms with Crippen LogP contribution in [0.2, 0.25) is 0 Å². The van der Waals surface area contributed by atoms with E-state index >= 15 is 0 Å². The SMILES string of the molecule is CSCCC(NC(=O)C(CS)NC(=O)C(CS)NC(=O)C(N)CO)C(=O)O. The number of carboxylic acids is 1. The van der Waals surface area contributed by atoms with Crippen LogP contribution in [0.25, 0.3) is 0 Å². The van der Waals surface area contributed by atoms with Crippen molar-refractivity contribution >= 4 is 60.7 Å². The van der Waals surface area contributed by atoms with Crippen molar-refractivity contribution in [2.45, 2.75) is 30.6 Å². The van der Waals surface area contributed by atoms with Crippen LogP contribution in [0, 0.1) is 0 Å². The minimum Gasteiger partial charge on any atom is -0.480 e. The molecule has 156 valence electrons. The lowest BCUT2D eigenvalue weighted by molar-refractivity contribution is -0.142. The number of nitrogens with two attached hydrogens (primary N) is 1. The number of aliphatic carboxylic acids is 1. The van der Waals surface area contributed by atoms with Gasteiger partial charge < -0.3 is 31.9 Å². The molecule has 4 unspecified atom stereocenters. The highest BCUT2D eigenvalue weighted by atomic mass is 32.2. The number of carbonyl (C=O) groups is 4. The molecule has 27 heavy (non-hydrogen) atoms. The first-order chi connectivity index (χ1) is 12.7. The van der Waals surface area contributed by atoms with Crippen molar-refractivity contribution in [3.05, 3.63) is 0 Å². The third-order valence-electron chi connectivity index (χ3n) is 3.39. The lowest BCUT2D eigenvalue weighted by Gasteiger charge is -2.23. The summed E-state index contributed by atoms with van der Waals surface area (Å²) in [4.78, 5) is 47.5. The average molecular weight is 443 g/mol. The highest BCUT2D eigenvalue weighted by Gasteiger charge is 2.28. The van der Waals surface area contributed by atoms with Gasteiger partial charge in [0.15, 0.2) is 0 Å². The van der Waals surface area contributed by atoms with Crippen LogP contribution in [0.15, 0.2) is 0 Å². The van der Waals surface area contributed by atoms with E-state index < -0.39 is 54.5 Å². The molecule has 0 fully saturated rings. The number of aliphatic hydroxyl groups is 1. The molecule has 0 radical (unpaired) electrons. The zero-order valence-electron chi connectivity index (χ0n) is 14.8. The molecule has 13 heteroatoms. The third kappa shape index (κ3) is 9.55. The largest absolute Gasteiger partial charge is 0.480 e. The van der Waals surface area contributed by atoms with Crippen molar-refractivity contribution in [2.24, 2.45) is 5.73 Å². The van der Waals surface area contributed by atoms with Crippen LogP contribution in [-0.4, -0.2) is 88.2 Å². The molecule has 0 aromatic heterocycles. The second kappa shape index (κ2) is 13.9. The lowest BCUT2D eigenvalue weighted by Crippen LogP contribution is -2.58. The minimum absolute atomic E-state index is 0.0812. The zero-order chi connectivity index (χ0) is 21.0. The molecule has 7 N–H and O–H groups in total. The standard InChI is InChI=1S/C14H26N4O6S3/c1-27-3-2-8(14(23)24)16-12(21)10(6-26)18-13(22)9(5-25)17-11(20)7(15)4-19/h7-10,19,25-26H,2-6,15H2,1H3,(H,16,21)(H,17,20)(H,18,22)(H,23,24). The van der Waals surface area contributed by atoms with E-state index in [-0.39, 0.29) is 17.9 Å². The van der Waals surface area contributed by atoms with Gasteiger partial charge in [-0.2, -0.15) is 37.0 Å². The topological polar surface area (TPSA) is 171 Å². The maximum absolute atomic E-state index is 12.3. The van der Waals surface area contributed by atoms with E-state index in [1.807, 2.05) is 6.26 Å². The van der Waals surface area contributed by atoms with Crippen molar-refractivity contribution in [1.29, 1.82) is 0 Å². The van der Waals surface area contributed by atoms with Crippen molar-refractivity contribution in [1.82, 2.24) is 16.0 Å².